The highest BCUT2D eigenvalue weighted by Crippen LogP contribution is 2.12. The van der Waals surface area contributed by atoms with Gasteiger partial charge < -0.3 is 15.8 Å². The molecule has 0 aliphatic heterocycles. The highest BCUT2D eigenvalue weighted by Gasteiger charge is 2.05. The molecule has 0 aliphatic carbocycles. The Hall–Kier alpha value is -1.97. The van der Waals surface area contributed by atoms with Crippen LogP contribution in [0.3, 0.4) is 0 Å². The van der Waals surface area contributed by atoms with E-state index in [1.54, 1.807) is 12.1 Å². The molecule has 3 N–H and O–H groups in total. The molecule has 0 bridgehead atoms. The lowest BCUT2D eigenvalue weighted by Gasteiger charge is -2.07. The molecule has 0 saturated carbocycles. The molecule has 1 aromatic carbocycles. The molecule has 0 heterocycles. The van der Waals surface area contributed by atoms with Crippen molar-refractivity contribution in [2.75, 3.05) is 18.9 Å². The molecule has 17 heavy (non-hydrogen) atoms. The van der Waals surface area contributed by atoms with Gasteiger partial charge in [-0.25, -0.2) is 0 Å². The van der Waals surface area contributed by atoms with Crippen molar-refractivity contribution >= 4 is 11.6 Å². The summed E-state index contributed by atoms with van der Waals surface area (Å²) >= 11 is 0. The molecule has 0 unspecified atom stereocenters. The zero-order valence-electron chi connectivity index (χ0n) is 10.0. The van der Waals surface area contributed by atoms with Crippen molar-refractivity contribution in [3.05, 3.63) is 42.2 Å². The monoisotopic (exact) mass is 234 g/mol. The van der Waals surface area contributed by atoms with E-state index >= 15 is 0 Å². The number of nitrogen functional groups attached to an aromatic ring is 1. The topological polar surface area (TPSA) is 64.3 Å². The van der Waals surface area contributed by atoms with Crippen LogP contribution in [0.25, 0.3) is 0 Å². The maximum atomic E-state index is 11.7. The lowest BCUT2D eigenvalue weighted by Crippen LogP contribution is -2.25. The first-order valence-electron chi connectivity index (χ1n) is 5.52. The highest BCUT2D eigenvalue weighted by molar-refractivity contribution is 5.95. The Morgan fingerprint density at radius 3 is 3.00 bits per heavy atom. The van der Waals surface area contributed by atoms with E-state index in [1.807, 2.05) is 13.0 Å². The van der Waals surface area contributed by atoms with Gasteiger partial charge in [0.2, 0.25) is 0 Å². The number of carbonyl (C=O) groups excluding carboxylic acids is 1. The van der Waals surface area contributed by atoms with E-state index in [4.69, 9.17) is 10.5 Å². The Labute approximate surface area is 101 Å². The fourth-order valence-corrected chi connectivity index (χ4v) is 1.32. The fourth-order valence-electron chi connectivity index (χ4n) is 1.32. The van der Waals surface area contributed by atoms with Gasteiger partial charge in [0, 0.05) is 17.8 Å². The zero-order valence-corrected chi connectivity index (χ0v) is 10.0. The molecule has 0 saturated heterocycles. The SMILES string of the molecule is C=COCCCNC(=O)c1ccc(C)c(N)c1. The number of hydrogen-bond acceptors (Lipinski definition) is 3. The Balaban J connectivity index is 2.41. The molecular weight excluding hydrogens is 216 g/mol. The minimum absolute atomic E-state index is 0.115. The van der Waals surface area contributed by atoms with Crippen LogP contribution in [-0.4, -0.2) is 19.1 Å². The van der Waals surface area contributed by atoms with Gasteiger partial charge in [-0.3, -0.25) is 4.79 Å². The van der Waals surface area contributed by atoms with E-state index in [-0.39, 0.29) is 5.91 Å². The maximum Gasteiger partial charge on any atom is 0.251 e. The van der Waals surface area contributed by atoms with Crippen LogP contribution >= 0.6 is 0 Å². The van der Waals surface area contributed by atoms with Gasteiger partial charge in [0.25, 0.3) is 5.91 Å². The minimum atomic E-state index is -0.115. The van der Waals surface area contributed by atoms with E-state index in [9.17, 15) is 4.79 Å². The number of nitrogens with one attached hydrogen (secondary N) is 1. The van der Waals surface area contributed by atoms with Crippen LogP contribution in [0.5, 0.6) is 0 Å². The summed E-state index contributed by atoms with van der Waals surface area (Å²) in [6.07, 6.45) is 2.14. The number of benzene rings is 1. The molecule has 4 heteroatoms. The Bertz CT molecular complexity index is 402. The zero-order chi connectivity index (χ0) is 12.7. The van der Waals surface area contributed by atoms with Crippen molar-refractivity contribution in [1.82, 2.24) is 5.32 Å². The van der Waals surface area contributed by atoms with E-state index in [0.717, 1.165) is 12.0 Å². The van der Waals surface area contributed by atoms with Crippen LogP contribution < -0.4 is 11.1 Å². The first-order chi connectivity index (χ1) is 8.15. The van der Waals surface area contributed by atoms with Gasteiger partial charge in [0.15, 0.2) is 0 Å². The molecule has 1 rings (SSSR count). The number of carbonyl (C=O) groups is 1. The molecule has 0 aromatic heterocycles. The van der Waals surface area contributed by atoms with Crippen molar-refractivity contribution in [3.8, 4) is 0 Å². The van der Waals surface area contributed by atoms with Crippen LogP contribution in [0, 0.1) is 6.92 Å². The molecule has 0 fully saturated rings. The second-order valence-electron chi connectivity index (χ2n) is 3.72. The van der Waals surface area contributed by atoms with Crippen LogP contribution in [0.4, 0.5) is 5.69 Å². The summed E-state index contributed by atoms with van der Waals surface area (Å²) in [4.78, 5) is 11.7. The summed E-state index contributed by atoms with van der Waals surface area (Å²) in [5.74, 6) is -0.115. The van der Waals surface area contributed by atoms with Crippen LogP contribution in [-0.2, 0) is 4.74 Å². The Kier molecular flexibility index (Phi) is 5.07. The molecule has 0 atom stereocenters. The van der Waals surface area contributed by atoms with Crippen LogP contribution in [0.1, 0.15) is 22.3 Å². The van der Waals surface area contributed by atoms with E-state index < -0.39 is 0 Å². The number of aryl methyl sites for hydroxylation is 1. The largest absolute Gasteiger partial charge is 0.502 e. The predicted molar refractivity (Wildman–Crippen MR) is 68.7 cm³/mol. The van der Waals surface area contributed by atoms with Gasteiger partial charge in [0.05, 0.1) is 12.9 Å². The second kappa shape index (κ2) is 6.58. The molecular formula is C13H18N2O2. The predicted octanol–water partition coefficient (Wildman–Crippen LogP) is 1.86. The second-order valence-corrected chi connectivity index (χ2v) is 3.72. The van der Waals surface area contributed by atoms with E-state index in [0.29, 0.717) is 24.4 Å². The molecule has 1 amide bonds. The number of nitrogens with two attached hydrogens (primary N) is 1. The Morgan fingerprint density at radius 2 is 2.35 bits per heavy atom. The number of amides is 1. The van der Waals surface area contributed by atoms with Crippen molar-refractivity contribution in [3.63, 3.8) is 0 Å². The van der Waals surface area contributed by atoms with Crippen LogP contribution in [0.2, 0.25) is 0 Å². The smallest absolute Gasteiger partial charge is 0.251 e. The van der Waals surface area contributed by atoms with Gasteiger partial charge in [-0.1, -0.05) is 12.6 Å². The van der Waals surface area contributed by atoms with Crippen molar-refractivity contribution in [2.45, 2.75) is 13.3 Å². The average Bonchev–Trinajstić information content (AvgIpc) is 2.32. The van der Waals surface area contributed by atoms with Crippen molar-refractivity contribution < 1.29 is 9.53 Å². The summed E-state index contributed by atoms with van der Waals surface area (Å²) < 4.78 is 4.95. The average molecular weight is 234 g/mol. The standard InChI is InChI=1S/C13H18N2O2/c1-3-17-8-4-7-15-13(16)11-6-5-10(2)12(14)9-11/h3,5-6,9H,1,4,7-8,14H2,2H3,(H,15,16). The summed E-state index contributed by atoms with van der Waals surface area (Å²) in [6, 6.07) is 5.29. The summed E-state index contributed by atoms with van der Waals surface area (Å²) in [5.41, 5.74) is 7.93. The normalized spacial score (nSPS) is 9.71. The summed E-state index contributed by atoms with van der Waals surface area (Å²) in [5, 5.41) is 2.80. The third-order valence-corrected chi connectivity index (χ3v) is 2.38. The number of anilines is 1. The van der Waals surface area contributed by atoms with Gasteiger partial charge in [-0.05, 0) is 31.0 Å². The molecule has 0 spiro atoms. The van der Waals surface area contributed by atoms with E-state index in [1.165, 1.54) is 6.26 Å². The van der Waals surface area contributed by atoms with Crippen LogP contribution in [0.15, 0.2) is 31.0 Å². The van der Waals surface area contributed by atoms with Crippen molar-refractivity contribution in [2.24, 2.45) is 0 Å². The molecule has 0 aliphatic rings. The number of ether oxygens (including phenoxy) is 1. The first kappa shape index (κ1) is 13.1. The lowest BCUT2D eigenvalue weighted by molar-refractivity contribution is 0.0950. The highest BCUT2D eigenvalue weighted by atomic mass is 16.5. The maximum absolute atomic E-state index is 11.7. The van der Waals surface area contributed by atoms with Gasteiger partial charge in [0.1, 0.15) is 0 Å². The molecule has 1 aromatic rings. The lowest BCUT2D eigenvalue weighted by atomic mass is 10.1. The fraction of sp³-hybridized carbons (Fsp3) is 0.308. The quantitative estimate of drug-likeness (QED) is 0.448. The van der Waals surface area contributed by atoms with Crippen molar-refractivity contribution in [1.29, 1.82) is 0 Å². The van der Waals surface area contributed by atoms with Gasteiger partial charge in [-0.15, -0.1) is 0 Å². The summed E-state index contributed by atoms with van der Waals surface area (Å²) in [7, 11) is 0. The molecule has 0 radical (unpaired) electrons. The third kappa shape index (κ3) is 4.18. The van der Waals surface area contributed by atoms with Gasteiger partial charge in [-0.2, -0.15) is 0 Å². The first-order valence-corrected chi connectivity index (χ1v) is 5.52. The number of hydrogen-bond donors (Lipinski definition) is 2. The molecule has 4 nitrogen and oxygen atoms in total. The van der Waals surface area contributed by atoms with Gasteiger partial charge >= 0.3 is 0 Å². The van der Waals surface area contributed by atoms with E-state index in [2.05, 4.69) is 11.9 Å². The number of rotatable bonds is 6. The minimum Gasteiger partial charge on any atom is -0.502 e. The molecule has 92 valence electrons. The third-order valence-electron chi connectivity index (χ3n) is 2.38. The Morgan fingerprint density at radius 1 is 1.59 bits per heavy atom. The summed E-state index contributed by atoms with van der Waals surface area (Å²) in [6.45, 7) is 6.47.